The van der Waals surface area contributed by atoms with Crippen LogP contribution in [0.15, 0.2) is 115 Å². The molecule has 0 saturated heterocycles. The number of benzene rings is 3. The lowest BCUT2D eigenvalue weighted by atomic mass is 9.83. The molecular formula is C35H38N2O2. The van der Waals surface area contributed by atoms with Crippen LogP contribution in [0.5, 0.6) is 0 Å². The number of carbonyl (C=O) groups excluding carboxylic acids is 1. The van der Waals surface area contributed by atoms with Crippen molar-refractivity contribution in [1.29, 1.82) is 0 Å². The highest BCUT2D eigenvalue weighted by Gasteiger charge is 2.39. The van der Waals surface area contributed by atoms with Gasteiger partial charge in [-0.1, -0.05) is 62.4 Å². The molecule has 4 nitrogen and oxygen atoms in total. The van der Waals surface area contributed by atoms with Crippen molar-refractivity contribution in [3.8, 4) is 0 Å². The molecule has 2 aliphatic rings. The van der Waals surface area contributed by atoms with E-state index in [1.807, 2.05) is 25.1 Å². The van der Waals surface area contributed by atoms with Gasteiger partial charge in [-0.3, -0.25) is 0 Å². The Morgan fingerprint density at radius 2 is 1.67 bits per heavy atom. The molecule has 5 rings (SSSR count). The lowest BCUT2D eigenvalue weighted by molar-refractivity contribution is 0.0526. The van der Waals surface area contributed by atoms with Crippen molar-refractivity contribution in [2.75, 3.05) is 23.5 Å². The molecule has 0 radical (unpaired) electrons. The first-order valence-corrected chi connectivity index (χ1v) is 13.8. The van der Waals surface area contributed by atoms with Crippen molar-refractivity contribution in [3.05, 3.63) is 126 Å². The standard InChI is InChI=1S/C35H38N2O2/c1-6-25-18-19-26(33(25)37(28-14-10-8-11-15-28)29-16-12-9-13-17-29)21-23-32-35(3,4)30-24-27(34(38)39-7-2)20-22-31(30)36(32)5/h6,8-17,20-25,33H,1,7,18-19H2,2-5H3/b26-21+,32-23+. The van der Waals surface area contributed by atoms with Crippen LogP contribution in [0.3, 0.4) is 0 Å². The highest BCUT2D eigenvalue weighted by atomic mass is 16.5. The summed E-state index contributed by atoms with van der Waals surface area (Å²) in [6.45, 7) is 10.9. The van der Waals surface area contributed by atoms with Gasteiger partial charge >= 0.3 is 5.97 Å². The third-order valence-corrected chi connectivity index (χ3v) is 8.20. The van der Waals surface area contributed by atoms with Gasteiger partial charge in [-0.05, 0) is 79.4 Å². The Hall–Kier alpha value is -4.05. The zero-order valence-electron chi connectivity index (χ0n) is 23.4. The molecule has 200 valence electrons. The number of rotatable bonds is 7. The van der Waals surface area contributed by atoms with E-state index < -0.39 is 0 Å². The monoisotopic (exact) mass is 518 g/mol. The zero-order valence-corrected chi connectivity index (χ0v) is 23.4. The van der Waals surface area contributed by atoms with E-state index >= 15 is 0 Å². The average molecular weight is 519 g/mol. The van der Waals surface area contributed by atoms with E-state index in [-0.39, 0.29) is 17.4 Å². The van der Waals surface area contributed by atoms with Gasteiger partial charge in [-0.25, -0.2) is 4.79 Å². The normalized spacial score (nSPS) is 21.7. The van der Waals surface area contributed by atoms with Crippen LogP contribution in [0.25, 0.3) is 0 Å². The molecular weight excluding hydrogens is 480 g/mol. The maximum atomic E-state index is 12.4. The number of nitrogens with zero attached hydrogens (tertiary/aromatic N) is 2. The molecule has 3 aromatic rings. The largest absolute Gasteiger partial charge is 0.462 e. The van der Waals surface area contributed by atoms with Crippen LogP contribution in [0.1, 0.15) is 49.5 Å². The number of fused-ring (bicyclic) bond motifs is 1. The third kappa shape index (κ3) is 4.92. The highest BCUT2D eigenvalue weighted by molar-refractivity contribution is 5.91. The number of anilines is 3. The van der Waals surface area contributed by atoms with Crippen LogP contribution in [0.4, 0.5) is 17.1 Å². The Morgan fingerprint density at radius 1 is 1.03 bits per heavy atom. The number of hydrogen-bond donors (Lipinski definition) is 0. The molecule has 1 aliphatic carbocycles. The van der Waals surface area contributed by atoms with Crippen molar-refractivity contribution < 1.29 is 9.53 Å². The van der Waals surface area contributed by atoms with Gasteiger partial charge in [-0.15, -0.1) is 6.58 Å². The summed E-state index contributed by atoms with van der Waals surface area (Å²) in [6.07, 6.45) is 8.83. The summed E-state index contributed by atoms with van der Waals surface area (Å²) in [5, 5.41) is 0. The smallest absolute Gasteiger partial charge is 0.338 e. The van der Waals surface area contributed by atoms with Crippen molar-refractivity contribution in [2.45, 2.75) is 45.1 Å². The van der Waals surface area contributed by atoms with Crippen LogP contribution in [-0.4, -0.2) is 25.7 Å². The molecule has 0 spiro atoms. The molecule has 0 N–H and O–H groups in total. The van der Waals surface area contributed by atoms with Crippen molar-refractivity contribution in [2.24, 2.45) is 5.92 Å². The summed E-state index contributed by atoms with van der Waals surface area (Å²) >= 11 is 0. The molecule has 39 heavy (non-hydrogen) atoms. The average Bonchev–Trinajstić information content (AvgIpc) is 3.44. The topological polar surface area (TPSA) is 32.8 Å². The first kappa shape index (κ1) is 26.6. The quantitative estimate of drug-likeness (QED) is 0.233. The summed E-state index contributed by atoms with van der Waals surface area (Å²) in [5.41, 5.74) is 7.57. The number of ether oxygens (including phenoxy) is 1. The molecule has 2 unspecified atom stereocenters. The zero-order chi connectivity index (χ0) is 27.6. The summed E-state index contributed by atoms with van der Waals surface area (Å²) in [6, 6.07) is 27.4. The van der Waals surface area contributed by atoms with Gasteiger partial charge in [0.25, 0.3) is 0 Å². The molecule has 4 heteroatoms. The second kappa shape index (κ2) is 11.0. The third-order valence-electron chi connectivity index (χ3n) is 8.20. The predicted molar refractivity (Wildman–Crippen MR) is 162 cm³/mol. The minimum Gasteiger partial charge on any atom is -0.462 e. The van der Waals surface area contributed by atoms with Crippen LogP contribution in [0.2, 0.25) is 0 Å². The maximum absolute atomic E-state index is 12.4. The molecule has 2 atom stereocenters. The van der Waals surface area contributed by atoms with E-state index in [1.165, 1.54) is 22.6 Å². The Balaban J connectivity index is 1.55. The molecule has 0 aromatic heterocycles. The van der Waals surface area contributed by atoms with E-state index in [0.29, 0.717) is 18.1 Å². The number of carbonyl (C=O) groups is 1. The number of hydrogen-bond acceptors (Lipinski definition) is 4. The van der Waals surface area contributed by atoms with Crippen LogP contribution >= 0.6 is 0 Å². The minimum atomic E-state index is -0.274. The van der Waals surface area contributed by atoms with Gasteiger partial charge in [0.15, 0.2) is 0 Å². The van der Waals surface area contributed by atoms with E-state index in [0.717, 1.165) is 24.1 Å². The second-order valence-electron chi connectivity index (χ2n) is 10.9. The molecule has 1 saturated carbocycles. The van der Waals surface area contributed by atoms with Crippen LogP contribution < -0.4 is 9.80 Å². The molecule has 0 bridgehead atoms. The second-order valence-corrected chi connectivity index (χ2v) is 10.9. The number of esters is 1. The van der Waals surface area contributed by atoms with Gasteiger partial charge in [0.05, 0.1) is 18.2 Å². The fourth-order valence-corrected chi connectivity index (χ4v) is 6.21. The maximum Gasteiger partial charge on any atom is 0.338 e. The van der Waals surface area contributed by atoms with Crippen LogP contribution in [0, 0.1) is 5.92 Å². The SMILES string of the molecule is C=CC1CC/C(=C\C=C2\N(C)c3ccc(C(=O)OCC)cc3C2(C)C)C1N(c1ccccc1)c1ccccc1. The molecule has 1 fully saturated rings. The van der Waals surface area contributed by atoms with Gasteiger partial charge in [-0.2, -0.15) is 0 Å². The Labute approximate surface area is 232 Å². The van der Waals surface area contributed by atoms with Gasteiger partial charge in [0, 0.05) is 41.1 Å². The fraction of sp³-hybridized carbons (Fsp3) is 0.286. The lowest BCUT2D eigenvalue weighted by Gasteiger charge is -2.35. The van der Waals surface area contributed by atoms with E-state index in [9.17, 15) is 4.79 Å². The number of allylic oxidation sites excluding steroid dienone is 3. The summed E-state index contributed by atoms with van der Waals surface area (Å²) in [4.78, 5) is 17.2. The Bertz CT molecular complexity index is 1370. The van der Waals surface area contributed by atoms with E-state index in [2.05, 4.69) is 116 Å². The van der Waals surface area contributed by atoms with E-state index in [1.54, 1.807) is 0 Å². The predicted octanol–water partition coefficient (Wildman–Crippen LogP) is 8.20. The van der Waals surface area contributed by atoms with Crippen LogP contribution in [-0.2, 0) is 10.2 Å². The lowest BCUT2D eigenvalue weighted by Crippen LogP contribution is -2.34. The fourth-order valence-electron chi connectivity index (χ4n) is 6.21. The summed E-state index contributed by atoms with van der Waals surface area (Å²) in [7, 11) is 2.11. The molecule has 1 aliphatic heterocycles. The first-order valence-electron chi connectivity index (χ1n) is 13.8. The van der Waals surface area contributed by atoms with Crippen molar-refractivity contribution >= 4 is 23.0 Å². The molecule has 0 amide bonds. The molecule has 1 heterocycles. The summed E-state index contributed by atoms with van der Waals surface area (Å²) < 4.78 is 5.26. The summed E-state index contributed by atoms with van der Waals surface area (Å²) in [5.74, 6) is 0.0678. The Morgan fingerprint density at radius 3 is 2.26 bits per heavy atom. The number of likely N-dealkylation sites (N-methyl/N-ethyl adjacent to an activating group) is 1. The van der Waals surface area contributed by atoms with Gasteiger partial charge in [0.1, 0.15) is 0 Å². The molecule has 3 aromatic carbocycles. The van der Waals surface area contributed by atoms with Gasteiger partial charge in [0.2, 0.25) is 0 Å². The highest BCUT2D eigenvalue weighted by Crippen LogP contribution is 2.48. The van der Waals surface area contributed by atoms with Gasteiger partial charge < -0.3 is 14.5 Å². The van der Waals surface area contributed by atoms with E-state index in [4.69, 9.17) is 4.74 Å². The van der Waals surface area contributed by atoms with Crippen molar-refractivity contribution in [3.63, 3.8) is 0 Å². The number of para-hydroxylation sites is 2. The van der Waals surface area contributed by atoms with Crippen molar-refractivity contribution in [1.82, 2.24) is 0 Å². The minimum absolute atomic E-state index is 0.178. The Kier molecular flexibility index (Phi) is 7.47. The first-order chi connectivity index (χ1) is 18.9.